The molecule has 0 bridgehead atoms. The Bertz CT molecular complexity index is 667. The molecule has 0 aliphatic carbocycles. The third kappa shape index (κ3) is 4.04. The molecule has 0 spiro atoms. The molecule has 1 unspecified atom stereocenters. The monoisotopic (exact) mass is 360 g/mol. The van der Waals surface area contributed by atoms with E-state index in [0.717, 1.165) is 12.8 Å². The molecule has 1 aromatic rings. The summed E-state index contributed by atoms with van der Waals surface area (Å²) >= 11 is 0. The van der Waals surface area contributed by atoms with Crippen molar-refractivity contribution < 1.29 is 23.9 Å². The van der Waals surface area contributed by atoms with Gasteiger partial charge in [0.1, 0.15) is 0 Å². The average Bonchev–Trinajstić information content (AvgIpc) is 2.73. The Labute approximate surface area is 152 Å². The molecule has 2 saturated heterocycles. The Morgan fingerprint density at radius 1 is 1.00 bits per heavy atom. The molecule has 0 radical (unpaired) electrons. The van der Waals surface area contributed by atoms with Crippen LogP contribution in [0.3, 0.4) is 0 Å². The number of carbonyl (C=O) groups excluding carboxylic acids is 3. The van der Waals surface area contributed by atoms with Gasteiger partial charge in [0.2, 0.25) is 5.91 Å². The second-order valence-corrected chi connectivity index (χ2v) is 6.60. The van der Waals surface area contributed by atoms with E-state index < -0.39 is 5.97 Å². The van der Waals surface area contributed by atoms with Gasteiger partial charge in [0.15, 0.2) is 0 Å². The lowest BCUT2D eigenvalue weighted by atomic mass is 9.95. The Balaban J connectivity index is 1.64. The van der Waals surface area contributed by atoms with Gasteiger partial charge in [-0.25, -0.2) is 4.79 Å². The SMILES string of the molecule is COC(=O)c1ccc(C(=O)N2CCCC(C(=O)N3CCOCC3)C2)cc1. The molecule has 2 heterocycles. The Morgan fingerprint density at radius 3 is 2.31 bits per heavy atom. The van der Waals surface area contributed by atoms with Crippen LogP contribution in [0.25, 0.3) is 0 Å². The van der Waals surface area contributed by atoms with E-state index in [9.17, 15) is 14.4 Å². The standard InChI is InChI=1S/C19H24N2O5/c1-25-19(24)15-6-4-14(5-7-15)17(22)21-8-2-3-16(13-21)18(23)20-9-11-26-12-10-20/h4-7,16H,2-3,8-13H2,1H3. The van der Waals surface area contributed by atoms with Crippen LogP contribution in [0.15, 0.2) is 24.3 Å². The fourth-order valence-corrected chi connectivity index (χ4v) is 3.45. The van der Waals surface area contributed by atoms with Crippen LogP contribution < -0.4 is 0 Å². The van der Waals surface area contributed by atoms with Crippen molar-refractivity contribution in [3.8, 4) is 0 Å². The summed E-state index contributed by atoms with van der Waals surface area (Å²) in [4.78, 5) is 40.5. The number of benzene rings is 1. The third-order valence-electron chi connectivity index (χ3n) is 4.93. The Hall–Kier alpha value is -2.41. The smallest absolute Gasteiger partial charge is 0.337 e. The molecule has 2 fully saturated rings. The minimum Gasteiger partial charge on any atom is -0.465 e. The highest BCUT2D eigenvalue weighted by atomic mass is 16.5. The van der Waals surface area contributed by atoms with Gasteiger partial charge in [0.25, 0.3) is 5.91 Å². The molecule has 26 heavy (non-hydrogen) atoms. The maximum atomic E-state index is 12.8. The first-order valence-corrected chi connectivity index (χ1v) is 8.94. The van der Waals surface area contributed by atoms with E-state index in [2.05, 4.69) is 4.74 Å². The van der Waals surface area contributed by atoms with Crippen molar-refractivity contribution >= 4 is 17.8 Å². The van der Waals surface area contributed by atoms with Crippen LogP contribution in [0.2, 0.25) is 0 Å². The van der Waals surface area contributed by atoms with Gasteiger partial charge in [-0.15, -0.1) is 0 Å². The molecule has 1 aromatic carbocycles. The molecule has 0 aromatic heterocycles. The normalized spacial score (nSPS) is 20.6. The summed E-state index contributed by atoms with van der Waals surface area (Å²) in [5.74, 6) is -0.578. The number of esters is 1. The summed E-state index contributed by atoms with van der Waals surface area (Å²) in [6, 6.07) is 6.42. The number of carbonyl (C=O) groups is 3. The van der Waals surface area contributed by atoms with E-state index in [1.807, 2.05) is 4.90 Å². The predicted octanol–water partition coefficient (Wildman–Crippen LogP) is 1.18. The van der Waals surface area contributed by atoms with E-state index in [0.29, 0.717) is 50.5 Å². The third-order valence-corrected chi connectivity index (χ3v) is 4.93. The number of methoxy groups -OCH3 is 1. The first kappa shape index (κ1) is 18.4. The van der Waals surface area contributed by atoms with Crippen molar-refractivity contribution in [3.05, 3.63) is 35.4 Å². The lowest BCUT2D eigenvalue weighted by molar-refractivity contribution is -0.141. The number of ether oxygens (including phenoxy) is 2. The highest BCUT2D eigenvalue weighted by Gasteiger charge is 2.32. The molecule has 140 valence electrons. The van der Waals surface area contributed by atoms with Crippen LogP contribution in [0, 0.1) is 5.92 Å². The summed E-state index contributed by atoms with van der Waals surface area (Å²) in [5, 5.41) is 0. The highest BCUT2D eigenvalue weighted by molar-refractivity contribution is 5.96. The number of amides is 2. The van der Waals surface area contributed by atoms with Crippen molar-refractivity contribution in [3.63, 3.8) is 0 Å². The van der Waals surface area contributed by atoms with E-state index in [4.69, 9.17) is 4.74 Å². The van der Waals surface area contributed by atoms with Gasteiger partial charge in [-0.3, -0.25) is 9.59 Å². The van der Waals surface area contributed by atoms with Crippen LogP contribution >= 0.6 is 0 Å². The van der Waals surface area contributed by atoms with E-state index in [1.165, 1.54) is 7.11 Å². The maximum Gasteiger partial charge on any atom is 0.337 e. The van der Waals surface area contributed by atoms with Crippen LogP contribution in [-0.4, -0.2) is 74.1 Å². The number of hydrogen-bond donors (Lipinski definition) is 0. The van der Waals surface area contributed by atoms with Gasteiger partial charge in [0, 0.05) is 31.7 Å². The first-order valence-electron chi connectivity index (χ1n) is 8.94. The zero-order valence-electron chi connectivity index (χ0n) is 15.0. The molecule has 0 saturated carbocycles. The zero-order valence-corrected chi connectivity index (χ0v) is 15.0. The highest BCUT2D eigenvalue weighted by Crippen LogP contribution is 2.21. The number of rotatable bonds is 3. The van der Waals surface area contributed by atoms with E-state index in [1.54, 1.807) is 29.2 Å². The molecule has 2 amide bonds. The van der Waals surface area contributed by atoms with Gasteiger partial charge in [-0.05, 0) is 37.1 Å². The van der Waals surface area contributed by atoms with Crippen LogP contribution in [0.4, 0.5) is 0 Å². The maximum absolute atomic E-state index is 12.8. The zero-order chi connectivity index (χ0) is 18.5. The minimum atomic E-state index is -0.432. The van der Waals surface area contributed by atoms with Crippen LogP contribution in [-0.2, 0) is 14.3 Å². The molecule has 0 N–H and O–H groups in total. The first-order chi connectivity index (χ1) is 12.6. The Morgan fingerprint density at radius 2 is 1.65 bits per heavy atom. The number of morpholine rings is 1. The molecule has 3 rings (SSSR count). The largest absolute Gasteiger partial charge is 0.465 e. The summed E-state index contributed by atoms with van der Waals surface area (Å²) in [5.41, 5.74) is 0.917. The minimum absolute atomic E-state index is 0.110. The molecule has 1 atom stereocenters. The quantitative estimate of drug-likeness (QED) is 0.757. The van der Waals surface area contributed by atoms with Crippen molar-refractivity contribution in [2.24, 2.45) is 5.92 Å². The van der Waals surface area contributed by atoms with E-state index >= 15 is 0 Å². The van der Waals surface area contributed by atoms with Gasteiger partial charge < -0.3 is 19.3 Å². The van der Waals surface area contributed by atoms with Crippen LogP contribution in [0.5, 0.6) is 0 Å². The van der Waals surface area contributed by atoms with Gasteiger partial charge >= 0.3 is 5.97 Å². The van der Waals surface area contributed by atoms with Crippen molar-refractivity contribution in [1.29, 1.82) is 0 Å². The summed E-state index contributed by atoms with van der Waals surface area (Å²) < 4.78 is 9.96. The van der Waals surface area contributed by atoms with Crippen molar-refractivity contribution in [2.75, 3.05) is 46.5 Å². The second-order valence-electron chi connectivity index (χ2n) is 6.60. The predicted molar refractivity (Wildman–Crippen MR) is 93.8 cm³/mol. The molecule has 7 nitrogen and oxygen atoms in total. The Kier molecular flexibility index (Phi) is 5.88. The molecule has 2 aliphatic rings. The number of likely N-dealkylation sites (tertiary alicyclic amines) is 1. The average molecular weight is 360 g/mol. The number of nitrogens with zero attached hydrogens (tertiary/aromatic N) is 2. The van der Waals surface area contributed by atoms with Gasteiger partial charge in [-0.2, -0.15) is 0 Å². The fraction of sp³-hybridized carbons (Fsp3) is 0.526. The lowest BCUT2D eigenvalue weighted by Gasteiger charge is -2.36. The summed E-state index contributed by atoms with van der Waals surface area (Å²) in [6.07, 6.45) is 1.62. The van der Waals surface area contributed by atoms with Gasteiger partial charge in [0.05, 0.1) is 31.8 Å². The van der Waals surface area contributed by atoms with Crippen molar-refractivity contribution in [1.82, 2.24) is 9.80 Å². The molecule has 7 heteroatoms. The second kappa shape index (κ2) is 8.31. The molecule has 2 aliphatic heterocycles. The number of hydrogen-bond acceptors (Lipinski definition) is 5. The summed E-state index contributed by atoms with van der Waals surface area (Å²) in [6.45, 7) is 3.48. The lowest BCUT2D eigenvalue weighted by Crippen LogP contribution is -2.49. The number of piperidine rings is 1. The van der Waals surface area contributed by atoms with Crippen molar-refractivity contribution in [2.45, 2.75) is 12.8 Å². The fourth-order valence-electron chi connectivity index (χ4n) is 3.45. The van der Waals surface area contributed by atoms with E-state index in [-0.39, 0.29) is 17.7 Å². The topological polar surface area (TPSA) is 76.2 Å². The molecular weight excluding hydrogens is 336 g/mol. The van der Waals surface area contributed by atoms with Crippen LogP contribution in [0.1, 0.15) is 33.6 Å². The van der Waals surface area contributed by atoms with Gasteiger partial charge in [-0.1, -0.05) is 0 Å². The summed E-state index contributed by atoms with van der Waals surface area (Å²) in [7, 11) is 1.32. The molecular formula is C19H24N2O5.